The number of anilines is 1. The predicted octanol–water partition coefficient (Wildman–Crippen LogP) is 2.21. The highest BCUT2D eigenvalue weighted by atomic mass is 19.1. The van der Waals surface area contributed by atoms with E-state index in [1.54, 1.807) is 0 Å². The van der Waals surface area contributed by atoms with Gasteiger partial charge in [-0.15, -0.1) is 0 Å². The highest BCUT2D eigenvalue weighted by Crippen LogP contribution is 2.39. The zero-order chi connectivity index (χ0) is 15.6. The Labute approximate surface area is 121 Å². The van der Waals surface area contributed by atoms with Crippen LogP contribution in [-0.2, 0) is 4.79 Å². The molecule has 0 saturated heterocycles. The molecule has 0 aromatic heterocycles. The summed E-state index contributed by atoms with van der Waals surface area (Å²) in [5.41, 5.74) is -1.09. The second-order valence-electron chi connectivity index (χ2n) is 5.21. The molecule has 2 rings (SSSR count). The third-order valence-corrected chi connectivity index (χ3v) is 3.62. The molecule has 1 saturated carbocycles. The van der Waals surface area contributed by atoms with E-state index >= 15 is 0 Å². The molecule has 114 valence electrons. The first kappa shape index (κ1) is 15.1. The van der Waals surface area contributed by atoms with E-state index in [1.165, 1.54) is 26.2 Å². The quantitative estimate of drug-likeness (QED) is 0.777. The molecule has 1 atom stereocenters. The van der Waals surface area contributed by atoms with E-state index < -0.39 is 23.4 Å². The maximum atomic E-state index is 13.5. The van der Waals surface area contributed by atoms with Gasteiger partial charge in [-0.1, -0.05) is 0 Å². The van der Waals surface area contributed by atoms with Crippen LogP contribution in [0.15, 0.2) is 18.2 Å². The summed E-state index contributed by atoms with van der Waals surface area (Å²) in [6, 6.07) is 3.27. The van der Waals surface area contributed by atoms with Gasteiger partial charge in [0.15, 0.2) is 11.6 Å². The molecule has 6 nitrogen and oxygen atoms in total. The van der Waals surface area contributed by atoms with Crippen molar-refractivity contribution in [2.45, 2.75) is 25.3 Å². The zero-order valence-electron chi connectivity index (χ0n) is 11.8. The molecule has 1 fully saturated rings. The van der Waals surface area contributed by atoms with Crippen LogP contribution in [0.25, 0.3) is 0 Å². The van der Waals surface area contributed by atoms with E-state index in [-0.39, 0.29) is 17.4 Å². The maximum absolute atomic E-state index is 13.5. The summed E-state index contributed by atoms with van der Waals surface area (Å²) in [6.07, 6.45) is 1.53. The molecule has 2 amide bonds. The number of methoxy groups -OCH3 is 1. The summed E-state index contributed by atoms with van der Waals surface area (Å²) >= 11 is 0. The van der Waals surface area contributed by atoms with Gasteiger partial charge in [-0.25, -0.2) is 14.0 Å². The van der Waals surface area contributed by atoms with Crippen LogP contribution in [-0.4, -0.2) is 29.8 Å². The van der Waals surface area contributed by atoms with Crippen LogP contribution in [0.2, 0.25) is 0 Å². The number of benzene rings is 1. The minimum Gasteiger partial charge on any atom is -0.494 e. The van der Waals surface area contributed by atoms with E-state index in [4.69, 9.17) is 4.74 Å². The van der Waals surface area contributed by atoms with Crippen molar-refractivity contribution in [1.29, 1.82) is 0 Å². The Balaban J connectivity index is 2.04. The topological polar surface area (TPSA) is 87.7 Å². The molecular formula is C14H17FN2O4. The van der Waals surface area contributed by atoms with Gasteiger partial charge in [0.1, 0.15) is 5.54 Å². The Hall–Kier alpha value is -2.31. The summed E-state index contributed by atoms with van der Waals surface area (Å²) in [5, 5.41) is 14.1. The first-order chi connectivity index (χ1) is 9.86. The summed E-state index contributed by atoms with van der Waals surface area (Å²) in [7, 11) is 1.34. The van der Waals surface area contributed by atoms with Gasteiger partial charge >= 0.3 is 12.0 Å². The van der Waals surface area contributed by atoms with Gasteiger partial charge in [0.05, 0.1) is 7.11 Å². The van der Waals surface area contributed by atoms with Crippen molar-refractivity contribution >= 4 is 17.7 Å². The average Bonchev–Trinajstić information content (AvgIpc) is 3.22. The number of hydrogen-bond donors (Lipinski definition) is 3. The first-order valence-corrected chi connectivity index (χ1v) is 6.53. The average molecular weight is 296 g/mol. The molecule has 1 aromatic rings. The van der Waals surface area contributed by atoms with Crippen LogP contribution in [0.5, 0.6) is 5.75 Å². The van der Waals surface area contributed by atoms with Crippen molar-refractivity contribution in [3.8, 4) is 5.75 Å². The molecule has 1 aliphatic rings. The van der Waals surface area contributed by atoms with Gasteiger partial charge < -0.3 is 20.5 Å². The Morgan fingerprint density at radius 1 is 1.43 bits per heavy atom. The number of halogens is 1. The highest BCUT2D eigenvalue weighted by molar-refractivity contribution is 5.94. The van der Waals surface area contributed by atoms with Crippen molar-refractivity contribution in [2.75, 3.05) is 12.4 Å². The van der Waals surface area contributed by atoms with Gasteiger partial charge in [-0.3, -0.25) is 0 Å². The van der Waals surface area contributed by atoms with E-state index in [2.05, 4.69) is 10.6 Å². The molecule has 1 unspecified atom stereocenters. The van der Waals surface area contributed by atoms with Crippen LogP contribution in [0.4, 0.5) is 14.9 Å². The largest absolute Gasteiger partial charge is 0.494 e. The number of urea groups is 1. The van der Waals surface area contributed by atoms with E-state index in [9.17, 15) is 19.1 Å². The van der Waals surface area contributed by atoms with E-state index in [0.29, 0.717) is 0 Å². The van der Waals surface area contributed by atoms with Crippen LogP contribution < -0.4 is 15.4 Å². The Morgan fingerprint density at radius 2 is 2.10 bits per heavy atom. The number of carbonyl (C=O) groups excluding carboxylic acids is 1. The van der Waals surface area contributed by atoms with Crippen LogP contribution in [0, 0.1) is 11.7 Å². The van der Waals surface area contributed by atoms with Gasteiger partial charge in [0, 0.05) is 11.8 Å². The van der Waals surface area contributed by atoms with Crippen molar-refractivity contribution in [2.24, 2.45) is 5.92 Å². The monoisotopic (exact) mass is 296 g/mol. The Bertz CT molecular complexity index is 574. The number of carboxylic acids is 1. The molecule has 7 heteroatoms. The molecule has 0 bridgehead atoms. The minimum atomic E-state index is -1.31. The minimum absolute atomic E-state index is 0.0642. The molecule has 3 N–H and O–H groups in total. The van der Waals surface area contributed by atoms with Gasteiger partial charge in [-0.05, 0) is 37.8 Å². The number of hydrogen-bond acceptors (Lipinski definition) is 3. The number of rotatable bonds is 5. The standard InChI is InChI=1S/C14H17FN2O4/c1-14(12(18)19,8-3-4-8)17-13(20)16-9-5-6-11(21-2)10(15)7-9/h5-8H,3-4H2,1-2H3,(H,18,19)(H2,16,17,20). The Morgan fingerprint density at radius 3 is 2.57 bits per heavy atom. The lowest BCUT2D eigenvalue weighted by atomic mass is 9.96. The molecule has 21 heavy (non-hydrogen) atoms. The second kappa shape index (κ2) is 5.59. The lowest BCUT2D eigenvalue weighted by molar-refractivity contribution is -0.144. The van der Waals surface area contributed by atoms with Gasteiger partial charge in [-0.2, -0.15) is 0 Å². The maximum Gasteiger partial charge on any atom is 0.329 e. The molecule has 0 radical (unpaired) electrons. The Kier molecular flexibility index (Phi) is 4.02. The normalized spacial score (nSPS) is 16.7. The third-order valence-electron chi connectivity index (χ3n) is 3.62. The summed E-state index contributed by atoms with van der Waals surface area (Å²) in [6.45, 7) is 1.47. The van der Waals surface area contributed by atoms with Crippen molar-refractivity contribution < 1.29 is 23.8 Å². The number of carbonyl (C=O) groups is 2. The number of carboxylic acid groups (broad SMARTS) is 1. The molecule has 0 spiro atoms. The van der Waals surface area contributed by atoms with Crippen molar-refractivity contribution in [1.82, 2.24) is 5.32 Å². The summed E-state index contributed by atoms with van der Waals surface area (Å²) < 4.78 is 18.3. The van der Waals surface area contributed by atoms with Crippen LogP contribution in [0.1, 0.15) is 19.8 Å². The number of aliphatic carboxylic acids is 1. The van der Waals surface area contributed by atoms with Crippen molar-refractivity contribution in [3.05, 3.63) is 24.0 Å². The molecule has 0 aliphatic heterocycles. The fourth-order valence-electron chi connectivity index (χ4n) is 2.13. The molecular weight excluding hydrogens is 279 g/mol. The number of nitrogens with one attached hydrogen (secondary N) is 2. The lowest BCUT2D eigenvalue weighted by Crippen LogP contribution is -2.55. The second-order valence-corrected chi connectivity index (χ2v) is 5.21. The van der Waals surface area contributed by atoms with Gasteiger partial charge in [0.2, 0.25) is 0 Å². The SMILES string of the molecule is COc1ccc(NC(=O)NC(C)(C(=O)O)C2CC2)cc1F. The summed E-state index contributed by atoms with van der Waals surface area (Å²) in [4.78, 5) is 23.2. The third kappa shape index (κ3) is 3.24. The fourth-order valence-corrected chi connectivity index (χ4v) is 2.13. The molecule has 1 aliphatic carbocycles. The highest BCUT2D eigenvalue weighted by Gasteiger charge is 2.48. The summed E-state index contributed by atoms with van der Waals surface area (Å²) in [5.74, 6) is -1.71. The van der Waals surface area contributed by atoms with Crippen LogP contribution in [0.3, 0.4) is 0 Å². The molecule has 0 heterocycles. The number of ether oxygens (including phenoxy) is 1. The molecule has 1 aromatic carbocycles. The number of amides is 2. The van der Waals surface area contributed by atoms with Gasteiger partial charge in [0.25, 0.3) is 0 Å². The lowest BCUT2D eigenvalue weighted by Gasteiger charge is -2.26. The zero-order valence-corrected chi connectivity index (χ0v) is 11.8. The predicted molar refractivity (Wildman–Crippen MR) is 73.9 cm³/mol. The smallest absolute Gasteiger partial charge is 0.329 e. The van der Waals surface area contributed by atoms with Crippen LogP contribution >= 0.6 is 0 Å². The van der Waals surface area contributed by atoms with Crippen molar-refractivity contribution in [3.63, 3.8) is 0 Å². The van der Waals surface area contributed by atoms with E-state index in [0.717, 1.165) is 18.9 Å². The fraction of sp³-hybridized carbons (Fsp3) is 0.429. The van der Waals surface area contributed by atoms with E-state index in [1.807, 2.05) is 0 Å². The first-order valence-electron chi connectivity index (χ1n) is 6.53.